The Morgan fingerprint density at radius 2 is 1.41 bits per heavy atom. The summed E-state index contributed by atoms with van der Waals surface area (Å²) in [5.74, 6) is 0. The van der Waals surface area contributed by atoms with Crippen molar-refractivity contribution in [1.82, 2.24) is 9.38 Å². The second-order valence-electron chi connectivity index (χ2n) is 7.48. The highest BCUT2D eigenvalue weighted by Gasteiger charge is 2.23. The van der Waals surface area contributed by atoms with Gasteiger partial charge in [0.15, 0.2) is 0 Å². The second kappa shape index (κ2) is 3.84. The first-order valence-corrected chi connectivity index (χ1v) is 9.22. The summed E-state index contributed by atoms with van der Waals surface area (Å²) >= 11 is 0. The zero-order valence-electron chi connectivity index (χ0n) is 14.2. The standard InChI is InChI=1S/C24H12N2O/c1-2-6-16-12(4-1)13-8-10-19-23-22-18(27-19)11-9-15-21(22)20-14(25-15)5-3-7-17(20)26(16)24(13)23/h1-11,25H. The van der Waals surface area contributed by atoms with Gasteiger partial charge in [-0.15, -0.1) is 0 Å². The van der Waals surface area contributed by atoms with Crippen molar-refractivity contribution in [3.8, 4) is 0 Å². The monoisotopic (exact) mass is 344 g/mol. The normalized spacial score (nSPS) is 13.2. The molecule has 3 nitrogen and oxygen atoms in total. The Balaban J connectivity index is 1.99. The molecule has 0 aliphatic rings. The van der Waals surface area contributed by atoms with Crippen molar-refractivity contribution in [2.24, 2.45) is 0 Å². The van der Waals surface area contributed by atoms with Crippen molar-refractivity contribution in [3.63, 3.8) is 0 Å². The minimum atomic E-state index is 0.955. The number of H-pyrrole nitrogens is 1. The summed E-state index contributed by atoms with van der Waals surface area (Å²) in [5, 5.41) is 7.57. The lowest BCUT2D eigenvalue weighted by Crippen LogP contribution is -1.84. The molecular formula is C24H12N2O. The maximum Gasteiger partial charge on any atom is 0.137 e. The van der Waals surface area contributed by atoms with E-state index in [-0.39, 0.29) is 0 Å². The molecule has 4 heterocycles. The van der Waals surface area contributed by atoms with Gasteiger partial charge in [-0.3, -0.25) is 0 Å². The van der Waals surface area contributed by atoms with Crippen molar-refractivity contribution in [2.75, 3.05) is 0 Å². The number of aromatic amines is 1. The van der Waals surface area contributed by atoms with Gasteiger partial charge in [-0.25, -0.2) is 0 Å². The van der Waals surface area contributed by atoms with E-state index in [0.29, 0.717) is 0 Å². The number of aromatic nitrogens is 2. The summed E-state index contributed by atoms with van der Waals surface area (Å²) in [6.45, 7) is 0. The molecule has 4 aromatic heterocycles. The molecule has 0 spiro atoms. The molecule has 0 bridgehead atoms. The Morgan fingerprint density at radius 1 is 0.593 bits per heavy atom. The SMILES string of the molecule is c1ccc2c(c1)c1ccc3oc4ccc5[nH]c6cccc7c6c5c4c3c1n27. The van der Waals surface area contributed by atoms with Gasteiger partial charge in [0.05, 0.1) is 21.9 Å². The van der Waals surface area contributed by atoms with Crippen LogP contribution in [0.1, 0.15) is 0 Å². The third kappa shape index (κ3) is 1.20. The Bertz CT molecular complexity index is 1830. The van der Waals surface area contributed by atoms with Crippen LogP contribution in [0.2, 0.25) is 0 Å². The fourth-order valence-corrected chi connectivity index (χ4v) is 5.25. The van der Waals surface area contributed by atoms with E-state index in [1.807, 2.05) is 0 Å². The van der Waals surface area contributed by atoms with Gasteiger partial charge in [0.1, 0.15) is 11.2 Å². The summed E-state index contributed by atoms with van der Waals surface area (Å²) in [5.41, 5.74) is 7.98. The Hall–Kier alpha value is -3.72. The van der Waals surface area contributed by atoms with Crippen LogP contribution in [-0.4, -0.2) is 9.38 Å². The van der Waals surface area contributed by atoms with Gasteiger partial charge in [-0.05, 0) is 42.5 Å². The smallest absolute Gasteiger partial charge is 0.137 e. The first-order valence-electron chi connectivity index (χ1n) is 9.22. The van der Waals surface area contributed by atoms with Crippen LogP contribution in [0.15, 0.2) is 71.1 Å². The molecule has 27 heavy (non-hydrogen) atoms. The molecule has 124 valence electrons. The Morgan fingerprint density at radius 3 is 2.41 bits per heavy atom. The number of benzene rings is 4. The first-order chi connectivity index (χ1) is 13.4. The molecule has 0 unspecified atom stereocenters. The average molecular weight is 344 g/mol. The van der Waals surface area contributed by atoms with E-state index in [1.165, 1.54) is 59.9 Å². The lowest BCUT2D eigenvalue weighted by atomic mass is 10.0. The van der Waals surface area contributed by atoms with Crippen LogP contribution in [0.5, 0.6) is 0 Å². The van der Waals surface area contributed by atoms with Crippen LogP contribution in [0, 0.1) is 0 Å². The molecule has 8 aromatic rings. The zero-order valence-corrected chi connectivity index (χ0v) is 14.2. The predicted octanol–water partition coefficient (Wildman–Crippen LogP) is 6.66. The first kappa shape index (κ1) is 12.6. The van der Waals surface area contributed by atoms with E-state index in [2.05, 4.69) is 76.1 Å². The molecule has 0 amide bonds. The van der Waals surface area contributed by atoms with Crippen LogP contribution in [0.4, 0.5) is 0 Å². The number of nitrogens with zero attached hydrogens (tertiary/aromatic N) is 1. The molecule has 1 N–H and O–H groups in total. The maximum atomic E-state index is 6.28. The summed E-state index contributed by atoms with van der Waals surface area (Å²) in [7, 11) is 0. The molecule has 0 saturated carbocycles. The second-order valence-corrected chi connectivity index (χ2v) is 7.48. The van der Waals surface area contributed by atoms with Crippen LogP contribution in [0.3, 0.4) is 0 Å². The van der Waals surface area contributed by atoms with Crippen LogP contribution in [-0.2, 0) is 0 Å². The molecule has 0 fully saturated rings. The summed E-state index contributed by atoms with van der Waals surface area (Å²) in [6.07, 6.45) is 0. The van der Waals surface area contributed by atoms with Gasteiger partial charge >= 0.3 is 0 Å². The van der Waals surface area contributed by atoms with Crippen molar-refractivity contribution in [1.29, 1.82) is 0 Å². The van der Waals surface area contributed by atoms with E-state index in [4.69, 9.17) is 4.42 Å². The highest BCUT2D eigenvalue weighted by Crippen LogP contribution is 2.46. The average Bonchev–Trinajstić information content (AvgIpc) is 3.32. The van der Waals surface area contributed by atoms with Crippen molar-refractivity contribution >= 4 is 71.1 Å². The molecule has 0 radical (unpaired) electrons. The summed E-state index contributed by atoms with van der Waals surface area (Å²) < 4.78 is 8.71. The molecule has 3 heteroatoms. The number of fused-ring (bicyclic) bond motifs is 4. The van der Waals surface area contributed by atoms with Gasteiger partial charge in [-0.2, -0.15) is 0 Å². The van der Waals surface area contributed by atoms with Crippen LogP contribution >= 0.6 is 0 Å². The molecule has 0 saturated heterocycles. The third-order valence-electron chi connectivity index (χ3n) is 6.24. The number of hydrogen-bond acceptors (Lipinski definition) is 1. The number of hydrogen-bond donors (Lipinski definition) is 1. The van der Waals surface area contributed by atoms with E-state index in [9.17, 15) is 0 Å². The van der Waals surface area contributed by atoms with E-state index in [1.54, 1.807) is 0 Å². The van der Waals surface area contributed by atoms with Crippen molar-refractivity contribution in [2.45, 2.75) is 0 Å². The Kier molecular flexibility index (Phi) is 1.79. The summed E-state index contributed by atoms with van der Waals surface area (Å²) in [4.78, 5) is 3.61. The molecule has 4 aromatic carbocycles. The topological polar surface area (TPSA) is 33.3 Å². The zero-order chi connectivity index (χ0) is 17.3. The van der Waals surface area contributed by atoms with E-state index >= 15 is 0 Å². The lowest BCUT2D eigenvalue weighted by molar-refractivity contribution is 0.669. The van der Waals surface area contributed by atoms with Gasteiger partial charge in [0, 0.05) is 38.0 Å². The minimum Gasteiger partial charge on any atom is -0.456 e. The molecule has 8 rings (SSSR count). The molecule has 0 aliphatic heterocycles. The van der Waals surface area contributed by atoms with E-state index in [0.717, 1.165) is 11.2 Å². The highest BCUT2D eigenvalue weighted by atomic mass is 16.3. The minimum absolute atomic E-state index is 0.955. The van der Waals surface area contributed by atoms with Gasteiger partial charge in [-0.1, -0.05) is 24.3 Å². The van der Waals surface area contributed by atoms with Crippen molar-refractivity contribution < 1.29 is 4.42 Å². The third-order valence-corrected chi connectivity index (χ3v) is 6.24. The fourth-order valence-electron chi connectivity index (χ4n) is 5.25. The van der Waals surface area contributed by atoms with Crippen LogP contribution in [0.25, 0.3) is 71.1 Å². The maximum absolute atomic E-state index is 6.28. The largest absolute Gasteiger partial charge is 0.456 e. The number of furan rings is 1. The van der Waals surface area contributed by atoms with E-state index < -0.39 is 0 Å². The predicted molar refractivity (Wildman–Crippen MR) is 111 cm³/mol. The van der Waals surface area contributed by atoms with Gasteiger partial charge in [0.25, 0.3) is 0 Å². The molecule has 0 atom stereocenters. The quantitative estimate of drug-likeness (QED) is 0.328. The fraction of sp³-hybridized carbons (Fsp3) is 0. The molecule has 0 aliphatic carbocycles. The lowest BCUT2D eigenvalue weighted by Gasteiger charge is -2.01. The van der Waals surface area contributed by atoms with Gasteiger partial charge < -0.3 is 13.8 Å². The number of nitrogens with one attached hydrogen (secondary N) is 1. The summed E-state index contributed by atoms with van der Waals surface area (Å²) in [6, 6.07) is 23.8. The molecular weight excluding hydrogens is 332 g/mol. The van der Waals surface area contributed by atoms with Crippen molar-refractivity contribution in [3.05, 3.63) is 66.7 Å². The number of para-hydroxylation sites is 1. The highest BCUT2D eigenvalue weighted by molar-refractivity contribution is 6.36. The van der Waals surface area contributed by atoms with Crippen LogP contribution < -0.4 is 0 Å². The Labute approximate surface area is 152 Å². The van der Waals surface area contributed by atoms with Gasteiger partial charge in [0.2, 0.25) is 0 Å². The number of rotatable bonds is 0.